The van der Waals surface area contributed by atoms with Crippen LogP contribution in [0.1, 0.15) is 87.4 Å². The zero-order chi connectivity index (χ0) is 47.9. The van der Waals surface area contributed by atoms with Crippen LogP contribution < -0.4 is 42.0 Å². The fraction of sp³-hybridized carbons (Fsp3) is 0.600. The molecule has 0 aliphatic carbocycles. The lowest BCUT2D eigenvalue weighted by atomic mass is 10.1. The zero-order valence-electron chi connectivity index (χ0n) is 35.4. The van der Waals surface area contributed by atoms with Gasteiger partial charge >= 0.3 is 11.9 Å². The van der Waals surface area contributed by atoms with E-state index in [-0.39, 0.29) is 18.4 Å². The van der Waals surface area contributed by atoms with E-state index in [1.165, 1.54) is 12.1 Å². The summed E-state index contributed by atoms with van der Waals surface area (Å²) in [7, 11) is 0. The van der Waals surface area contributed by atoms with Crippen LogP contribution in [-0.2, 0) is 43.2 Å². The van der Waals surface area contributed by atoms with Crippen molar-refractivity contribution in [3.63, 3.8) is 0 Å². The summed E-state index contributed by atoms with van der Waals surface area (Å²) in [4.78, 5) is 120. The van der Waals surface area contributed by atoms with E-state index >= 15 is 0 Å². The quantitative estimate of drug-likeness (QED) is 0.0231. The zero-order valence-corrected chi connectivity index (χ0v) is 35.4. The van der Waals surface area contributed by atoms with Crippen LogP contribution in [0.25, 0.3) is 0 Å². The van der Waals surface area contributed by atoms with E-state index < -0.39 is 129 Å². The number of aliphatic carboxylic acids is 1. The molecule has 0 aliphatic rings. The molecule has 0 spiro atoms. The molecule has 0 bridgehead atoms. The SMILES string of the molecule is O=CCNC(=O)[C@H](CO)NC(=O)[C@H](CO)NC(=O)CNC(=O)[C@H](CO)NC(=O)[C@H](CO)NC(=O)CC[C@H](NC(=O)CCCCCCCCCCCOc1ccc(C(=O)O)cc1)C(=O)O. The minimum absolute atomic E-state index is 0.0739. The number of aldehydes is 1. The molecular formula is C40H61N7O17. The van der Waals surface area contributed by atoms with Crippen molar-refractivity contribution in [2.45, 2.75) is 107 Å². The van der Waals surface area contributed by atoms with Crippen LogP contribution in [0.3, 0.4) is 0 Å². The van der Waals surface area contributed by atoms with Crippen molar-refractivity contribution in [1.82, 2.24) is 37.2 Å². The number of aromatic carboxylic acids is 1. The number of carbonyl (C=O) groups is 10. The number of rotatable bonds is 35. The topological polar surface area (TPSA) is 386 Å². The van der Waals surface area contributed by atoms with Crippen LogP contribution in [0, 0.1) is 0 Å². The van der Waals surface area contributed by atoms with E-state index in [1.54, 1.807) is 12.1 Å². The largest absolute Gasteiger partial charge is 0.494 e. The number of amides is 7. The van der Waals surface area contributed by atoms with Crippen LogP contribution in [0.15, 0.2) is 24.3 Å². The van der Waals surface area contributed by atoms with Crippen molar-refractivity contribution in [2.75, 3.05) is 46.1 Å². The van der Waals surface area contributed by atoms with Gasteiger partial charge < -0.3 is 77.4 Å². The van der Waals surface area contributed by atoms with E-state index in [0.29, 0.717) is 25.1 Å². The Balaban J connectivity index is 2.38. The number of carbonyl (C=O) groups excluding carboxylic acids is 8. The molecule has 13 N–H and O–H groups in total. The Morgan fingerprint density at radius 3 is 1.44 bits per heavy atom. The van der Waals surface area contributed by atoms with Gasteiger partial charge in [0.2, 0.25) is 41.4 Å². The Kier molecular flexibility index (Phi) is 28.3. The van der Waals surface area contributed by atoms with Gasteiger partial charge in [0.05, 0.1) is 51.7 Å². The summed E-state index contributed by atoms with van der Waals surface area (Å²) in [6.45, 7) is -4.58. The smallest absolute Gasteiger partial charge is 0.335 e. The van der Waals surface area contributed by atoms with E-state index in [1.807, 2.05) is 0 Å². The molecule has 7 amide bonds. The van der Waals surface area contributed by atoms with Crippen LogP contribution in [-0.4, -0.2) is 167 Å². The molecule has 0 heterocycles. The van der Waals surface area contributed by atoms with Crippen molar-refractivity contribution in [2.24, 2.45) is 0 Å². The molecule has 5 atom stereocenters. The van der Waals surface area contributed by atoms with Gasteiger partial charge in [-0.2, -0.15) is 0 Å². The number of hydrogen-bond donors (Lipinski definition) is 13. The lowest BCUT2D eigenvalue weighted by molar-refractivity contribution is -0.142. The monoisotopic (exact) mass is 911 g/mol. The molecule has 64 heavy (non-hydrogen) atoms. The highest BCUT2D eigenvalue weighted by Crippen LogP contribution is 2.14. The van der Waals surface area contributed by atoms with Gasteiger partial charge in [0.1, 0.15) is 42.2 Å². The fourth-order valence-electron chi connectivity index (χ4n) is 5.70. The Hall–Kier alpha value is -6.24. The van der Waals surface area contributed by atoms with E-state index in [4.69, 9.17) is 9.84 Å². The maximum absolute atomic E-state index is 12.7. The number of aliphatic hydroxyl groups excluding tert-OH is 4. The first-order valence-electron chi connectivity index (χ1n) is 20.7. The number of carboxylic acid groups (broad SMARTS) is 2. The summed E-state index contributed by atoms with van der Waals surface area (Å²) in [6.07, 6.45) is 7.68. The van der Waals surface area contributed by atoms with E-state index in [0.717, 1.165) is 51.4 Å². The van der Waals surface area contributed by atoms with Crippen molar-refractivity contribution in [1.29, 1.82) is 0 Å². The molecule has 0 radical (unpaired) electrons. The van der Waals surface area contributed by atoms with Crippen molar-refractivity contribution in [3.05, 3.63) is 29.8 Å². The van der Waals surface area contributed by atoms with Crippen LogP contribution in [0.2, 0.25) is 0 Å². The Bertz CT molecular complexity index is 1680. The number of aliphatic hydroxyl groups is 4. The Labute approximate surface area is 368 Å². The van der Waals surface area contributed by atoms with E-state index in [2.05, 4.69) is 37.2 Å². The Morgan fingerprint density at radius 1 is 0.516 bits per heavy atom. The first kappa shape index (κ1) is 55.8. The minimum Gasteiger partial charge on any atom is -0.494 e. The molecule has 1 rings (SSSR count). The van der Waals surface area contributed by atoms with Gasteiger partial charge in [0, 0.05) is 12.8 Å². The van der Waals surface area contributed by atoms with Crippen LogP contribution in [0.5, 0.6) is 5.75 Å². The van der Waals surface area contributed by atoms with Crippen molar-refractivity contribution >= 4 is 59.6 Å². The summed E-state index contributed by atoms with van der Waals surface area (Å²) in [5.41, 5.74) is 0.197. The van der Waals surface area contributed by atoms with Gasteiger partial charge in [-0.25, -0.2) is 9.59 Å². The summed E-state index contributed by atoms with van der Waals surface area (Å²) >= 11 is 0. The second-order valence-corrected chi connectivity index (χ2v) is 14.3. The molecule has 24 nitrogen and oxygen atoms in total. The number of nitrogens with one attached hydrogen (secondary N) is 7. The molecule has 0 saturated carbocycles. The van der Waals surface area contributed by atoms with Gasteiger partial charge in [0.25, 0.3) is 0 Å². The molecule has 0 aliphatic heterocycles. The number of benzene rings is 1. The van der Waals surface area contributed by atoms with Gasteiger partial charge in [0.15, 0.2) is 0 Å². The number of hydrogen-bond acceptors (Lipinski definition) is 15. The molecule has 358 valence electrons. The summed E-state index contributed by atoms with van der Waals surface area (Å²) < 4.78 is 5.63. The summed E-state index contributed by atoms with van der Waals surface area (Å²) in [6, 6.07) is -1.76. The normalized spacial score (nSPS) is 13.1. The first-order chi connectivity index (χ1) is 30.6. The highest BCUT2D eigenvalue weighted by molar-refractivity contribution is 5.95. The molecule has 1 aromatic rings. The predicted octanol–water partition coefficient (Wildman–Crippen LogP) is -3.65. The summed E-state index contributed by atoms with van der Waals surface area (Å²) in [5.74, 6) is -8.52. The maximum Gasteiger partial charge on any atom is 0.335 e. The third-order valence-electron chi connectivity index (χ3n) is 9.29. The van der Waals surface area contributed by atoms with Crippen molar-refractivity contribution in [3.8, 4) is 5.75 Å². The molecule has 0 unspecified atom stereocenters. The highest BCUT2D eigenvalue weighted by atomic mass is 16.5. The Morgan fingerprint density at radius 2 is 0.953 bits per heavy atom. The highest BCUT2D eigenvalue weighted by Gasteiger charge is 2.29. The summed E-state index contributed by atoms with van der Waals surface area (Å²) in [5, 5.41) is 71.7. The average molecular weight is 912 g/mol. The molecule has 0 fully saturated rings. The van der Waals surface area contributed by atoms with Gasteiger partial charge in [-0.05, 0) is 43.5 Å². The third-order valence-corrected chi connectivity index (χ3v) is 9.29. The molecule has 1 aromatic carbocycles. The maximum atomic E-state index is 12.7. The molecular weight excluding hydrogens is 850 g/mol. The third kappa shape index (κ3) is 23.3. The standard InChI is InChI=1S/C40H61N7O17/c48-18-17-41-35(56)28(21-49)46-38(59)31(24-52)45-34(55)20-42-36(57)29(22-50)47-37(58)30(23-51)44-33(54)16-15-27(40(62)63)43-32(53)10-8-6-4-2-1-3-5-7-9-19-64-26-13-11-25(12-14-26)39(60)61/h11-14,18,27-31,49-52H,1-10,15-17,19-24H2,(H,41,56)(H,42,57)(H,43,53)(H,44,54)(H,45,55)(H,46,59)(H,47,58)(H,60,61)(H,62,63)/t27-,28-,29-,30-,31-/m0/s1. The molecule has 0 aromatic heterocycles. The first-order valence-corrected chi connectivity index (χ1v) is 20.7. The predicted molar refractivity (Wildman–Crippen MR) is 222 cm³/mol. The van der Waals surface area contributed by atoms with Gasteiger partial charge in [-0.15, -0.1) is 0 Å². The number of ether oxygens (including phenoxy) is 1. The fourth-order valence-corrected chi connectivity index (χ4v) is 5.70. The number of unbranched alkanes of at least 4 members (excludes halogenated alkanes) is 8. The van der Waals surface area contributed by atoms with Crippen LogP contribution >= 0.6 is 0 Å². The lowest BCUT2D eigenvalue weighted by Gasteiger charge is -2.22. The van der Waals surface area contributed by atoms with Crippen molar-refractivity contribution < 1.29 is 83.3 Å². The minimum atomic E-state index is -1.71. The second-order valence-electron chi connectivity index (χ2n) is 14.3. The van der Waals surface area contributed by atoms with Gasteiger partial charge in [-0.1, -0.05) is 44.9 Å². The molecule has 24 heteroatoms. The van der Waals surface area contributed by atoms with E-state index in [9.17, 15) is 73.5 Å². The number of carboxylic acids is 2. The second kappa shape index (κ2) is 32.4. The van der Waals surface area contributed by atoms with Crippen LogP contribution in [0.4, 0.5) is 0 Å². The van der Waals surface area contributed by atoms with Gasteiger partial charge in [-0.3, -0.25) is 33.6 Å². The average Bonchev–Trinajstić information content (AvgIpc) is 3.27. The lowest BCUT2D eigenvalue weighted by Crippen LogP contribution is -2.58. The molecule has 0 saturated heterocycles.